The maximum Gasteiger partial charge on any atom is 0.306 e. The Labute approximate surface area is 141 Å². The standard InChI is InChI=1S/C17H23NO6/c1-4-23-15-9-12(5-6-14(15)20)13(19)7-8-17(22)24-10-16(21)18-11(2)3/h5-6,9,11,20H,4,7-8,10H2,1-3H3,(H,18,21). The largest absolute Gasteiger partial charge is 0.504 e. The highest BCUT2D eigenvalue weighted by molar-refractivity contribution is 5.98. The molecule has 7 nitrogen and oxygen atoms in total. The van der Waals surface area contributed by atoms with Gasteiger partial charge in [-0.3, -0.25) is 14.4 Å². The van der Waals surface area contributed by atoms with Gasteiger partial charge in [0.15, 0.2) is 23.9 Å². The number of esters is 1. The van der Waals surface area contributed by atoms with Gasteiger partial charge in [0.05, 0.1) is 13.0 Å². The number of aromatic hydroxyl groups is 1. The smallest absolute Gasteiger partial charge is 0.306 e. The van der Waals surface area contributed by atoms with Crippen molar-refractivity contribution in [2.45, 2.75) is 39.7 Å². The molecule has 0 aliphatic rings. The molecule has 0 radical (unpaired) electrons. The van der Waals surface area contributed by atoms with E-state index < -0.39 is 5.97 Å². The number of ketones is 1. The van der Waals surface area contributed by atoms with E-state index in [2.05, 4.69) is 5.32 Å². The van der Waals surface area contributed by atoms with Crippen molar-refractivity contribution in [2.75, 3.05) is 13.2 Å². The number of rotatable bonds is 9. The number of benzene rings is 1. The van der Waals surface area contributed by atoms with Crippen molar-refractivity contribution in [1.82, 2.24) is 5.32 Å². The Hall–Kier alpha value is -2.57. The van der Waals surface area contributed by atoms with Gasteiger partial charge in [-0.15, -0.1) is 0 Å². The minimum absolute atomic E-state index is 0.0354. The Kier molecular flexibility index (Phi) is 7.74. The summed E-state index contributed by atoms with van der Waals surface area (Å²) in [4.78, 5) is 35.0. The molecule has 1 rings (SSSR count). The summed E-state index contributed by atoms with van der Waals surface area (Å²) in [6.45, 7) is 5.35. The first-order valence-corrected chi connectivity index (χ1v) is 7.77. The van der Waals surface area contributed by atoms with E-state index in [1.54, 1.807) is 20.8 Å². The van der Waals surface area contributed by atoms with Crippen molar-refractivity contribution in [3.63, 3.8) is 0 Å². The third kappa shape index (κ3) is 6.68. The van der Waals surface area contributed by atoms with E-state index in [0.29, 0.717) is 12.2 Å². The van der Waals surface area contributed by atoms with Crippen molar-refractivity contribution in [3.05, 3.63) is 23.8 Å². The van der Waals surface area contributed by atoms with Crippen molar-refractivity contribution < 1.29 is 29.0 Å². The molecule has 24 heavy (non-hydrogen) atoms. The molecule has 0 saturated heterocycles. The third-order valence-electron chi connectivity index (χ3n) is 2.95. The van der Waals surface area contributed by atoms with Gasteiger partial charge in [0.1, 0.15) is 0 Å². The maximum absolute atomic E-state index is 12.1. The van der Waals surface area contributed by atoms with Crippen LogP contribution in [0.25, 0.3) is 0 Å². The van der Waals surface area contributed by atoms with Crippen LogP contribution in [0.3, 0.4) is 0 Å². The molecule has 1 aromatic carbocycles. The van der Waals surface area contributed by atoms with E-state index in [-0.39, 0.29) is 48.7 Å². The monoisotopic (exact) mass is 337 g/mol. The van der Waals surface area contributed by atoms with Gasteiger partial charge in [0, 0.05) is 18.0 Å². The second-order valence-corrected chi connectivity index (χ2v) is 5.42. The van der Waals surface area contributed by atoms with Gasteiger partial charge in [-0.1, -0.05) is 0 Å². The molecular weight excluding hydrogens is 314 g/mol. The van der Waals surface area contributed by atoms with Crippen LogP contribution in [0.4, 0.5) is 0 Å². The fourth-order valence-electron chi connectivity index (χ4n) is 1.90. The van der Waals surface area contributed by atoms with Gasteiger partial charge in [0.25, 0.3) is 5.91 Å². The average molecular weight is 337 g/mol. The summed E-state index contributed by atoms with van der Waals surface area (Å²) in [5, 5.41) is 12.2. The van der Waals surface area contributed by atoms with Crippen LogP contribution in [0.15, 0.2) is 18.2 Å². The summed E-state index contributed by atoms with van der Waals surface area (Å²) >= 11 is 0. The molecule has 1 aromatic rings. The molecule has 0 heterocycles. The zero-order valence-corrected chi connectivity index (χ0v) is 14.1. The number of phenolic OH excluding ortho intramolecular Hbond substituents is 1. The van der Waals surface area contributed by atoms with Gasteiger partial charge in [-0.25, -0.2) is 0 Å². The predicted molar refractivity (Wildman–Crippen MR) is 87.1 cm³/mol. The highest BCUT2D eigenvalue weighted by Crippen LogP contribution is 2.27. The number of Topliss-reactive ketones (excluding diaryl/α,β-unsaturated/α-hetero) is 1. The first-order chi connectivity index (χ1) is 11.3. The number of carbonyl (C=O) groups is 3. The first kappa shape index (κ1) is 19.5. The summed E-state index contributed by atoms with van der Waals surface area (Å²) in [7, 11) is 0. The Morgan fingerprint density at radius 3 is 2.54 bits per heavy atom. The Balaban J connectivity index is 2.47. The number of phenols is 1. The van der Waals surface area contributed by atoms with E-state index in [1.165, 1.54) is 18.2 Å². The van der Waals surface area contributed by atoms with Crippen molar-refractivity contribution >= 4 is 17.7 Å². The number of hydrogen-bond acceptors (Lipinski definition) is 6. The Bertz CT molecular complexity index is 597. The predicted octanol–water partition coefficient (Wildman–Crippen LogP) is 1.82. The lowest BCUT2D eigenvalue weighted by Gasteiger charge is -2.09. The van der Waals surface area contributed by atoms with Crippen molar-refractivity contribution in [1.29, 1.82) is 0 Å². The van der Waals surface area contributed by atoms with Crippen LogP contribution in [-0.2, 0) is 14.3 Å². The zero-order chi connectivity index (χ0) is 18.1. The minimum Gasteiger partial charge on any atom is -0.504 e. The molecule has 0 aromatic heterocycles. The summed E-state index contributed by atoms with van der Waals surface area (Å²) in [6, 6.07) is 4.23. The first-order valence-electron chi connectivity index (χ1n) is 7.77. The second kappa shape index (κ2) is 9.54. The molecular formula is C17H23NO6. The molecule has 1 amide bonds. The third-order valence-corrected chi connectivity index (χ3v) is 2.95. The topological polar surface area (TPSA) is 102 Å². The minimum atomic E-state index is -0.619. The van der Waals surface area contributed by atoms with Crippen molar-refractivity contribution in [2.24, 2.45) is 0 Å². The van der Waals surface area contributed by atoms with Crippen LogP contribution in [0.2, 0.25) is 0 Å². The molecule has 0 aliphatic heterocycles. The lowest BCUT2D eigenvalue weighted by molar-refractivity contribution is -0.148. The molecule has 2 N–H and O–H groups in total. The Morgan fingerprint density at radius 2 is 1.92 bits per heavy atom. The molecule has 132 valence electrons. The van der Waals surface area contributed by atoms with Crippen molar-refractivity contribution in [3.8, 4) is 11.5 Å². The molecule has 7 heteroatoms. The zero-order valence-electron chi connectivity index (χ0n) is 14.1. The molecule has 0 unspecified atom stereocenters. The van der Waals surface area contributed by atoms with Gasteiger partial charge < -0.3 is 19.9 Å². The summed E-state index contributed by atoms with van der Waals surface area (Å²) < 4.78 is 10.0. The quantitative estimate of drug-likeness (QED) is 0.526. The lowest BCUT2D eigenvalue weighted by atomic mass is 10.1. The van der Waals surface area contributed by atoms with Crippen LogP contribution in [0.1, 0.15) is 44.0 Å². The van der Waals surface area contributed by atoms with Gasteiger partial charge in [0.2, 0.25) is 0 Å². The average Bonchev–Trinajstić information content (AvgIpc) is 2.52. The maximum atomic E-state index is 12.1. The Morgan fingerprint density at radius 1 is 1.21 bits per heavy atom. The van der Waals surface area contributed by atoms with E-state index in [4.69, 9.17) is 9.47 Å². The number of ether oxygens (including phenoxy) is 2. The lowest BCUT2D eigenvalue weighted by Crippen LogP contribution is -2.34. The molecule has 0 spiro atoms. The fourth-order valence-corrected chi connectivity index (χ4v) is 1.90. The van der Waals surface area contributed by atoms with Gasteiger partial charge in [-0.05, 0) is 39.0 Å². The molecule has 0 bridgehead atoms. The molecule has 0 aliphatic carbocycles. The summed E-state index contributed by atoms with van der Waals surface area (Å²) in [6.07, 6.45) is -0.181. The SMILES string of the molecule is CCOc1cc(C(=O)CCC(=O)OCC(=O)NC(C)C)ccc1O. The normalized spacial score (nSPS) is 10.3. The van der Waals surface area contributed by atoms with Crippen LogP contribution in [0.5, 0.6) is 11.5 Å². The summed E-state index contributed by atoms with van der Waals surface area (Å²) in [5.74, 6) is -1.12. The van der Waals surface area contributed by atoms with Crippen LogP contribution in [0, 0.1) is 0 Å². The number of hydrogen-bond donors (Lipinski definition) is 2. The van der Waals surface area contributed by atoms with Gasteiger partial charge >= 0.3 is 5.97 Å². The van der Waals surface area contributed by atoms with E-state index in [1.807, 2.05) is 0 Å². The number of amides is 1. The van der Waals surface area contributed by atoms with Crippen LogP contribution in [-0.4, -0.2) is 42.0 Å². The number of nitrogens with one attached hydrogen (secondary N) is 1. The molecule has 0 fully saturated rings. The molecule has 0 atom stereocenters. The second-order valence-electron chi connectivity index (χ2n) is 5.42. The van der Waals surface area contributed by atoms with Crippen LogP contribution >= 0.6 is 0 Å². The fraction of sp³-hybridized carbons (Fsp3) is 0.471. The summed E-state index contributed by atoms with van der Waals surface area (Å²) in [5.41, 5.74) is 0.335. The van der Waals surface area contributed by atoms with Crippen LogP contribution < -0.4 is 10.1 Å². The highest BCUT2D eigenvalue weighted by atomic mass is 16.5. The van der Waals surface area contributed by atoms with E-state index in [9.17, 15) is 19.5 Å². The molecule has 0 saturated carbocycles. The highest BCUT2D eigenvalue weighted by Gasteiger charge is 2.14. The van der Waals surface area contributed by atoms with E-state index >= 15 is 0 Å². The van der Waals surface area contributed by atoms with Gasteiger partial charge in [-0.2, -0.15) is 0 Å². The number of carbonyl (C=O) groups excluding carboxylic acids is 3. The van der Waals surface area contributed by atoms with E-state index in [0.717, 1.165) is 0 Å².